The molecular weight excluding hydrogens is 346 g/mol. The minimum atomic E-state index is -1.17. The summed E-state index contributed by atoms with van der Waals surface area (Å²) in [5.74, 6) is -1.07. The van der Waals surface area contributed by atoms with Crippen LogP contribution < -0.4 is 5.32 Å². The number of thioether (sulfide) groups is 1. The van der Waals surface area contributed by atoms with Gasteiger partial charge in [0.05, 0.1) is 12.5 Å². The van der Waals surface area contributed by atoms with Gasteiger partial charge in [0.15, 0.2) is 0 Å². The highest BCUT2D eigenvalue weighted by atomic mass is 32.2. The van der Waals surface area contributed by atoms with E-state index in [0.717, 1.165) is 5.56 Å². The summed E-state index contributed by atoms with van der Waals surface area (Å²) in [4.78, 5) is 34.6. The van der Waals surface area contributed by atoms with Crippen molar-refractivity contribution < 1.29 is 29.0 Å². The van der Waals surface area contributed by atoms with Gasteiger partial charge in [0.1, 0.15) is 12.6 Å². The van der Waals surface area contributed by atoms with Crippen molar-refractivity contribution in [3.05, 3.63) is 35.9 Å². The van der Waals surface area contributed by atoms with Gasteiger partial charge in [-0.15, -0.1) is 0 Å². The first kappa shape index (κ1) is 20.8. The predicted octanol–water partition coefficient (Wildman–Crippen LogP) is 2.30. The molecule has 0 saturated carbocycles. The molecule has 0 aliphatic carbocycles. The van der Waals surface area contributed by atoms with Crippen molar-refractivity contribution in [2.45, 2.75) is 26.5 Å². The zero-order valence-corrected chi connectivity index (χ0v) is 15.3. The third-order valence-corrected chi connectivity index (χ3v) is 4.78. The molecule has 0 bridgehead atoms. The quantitative estimate of drug-likeness (QED) is 0.644. The number of ether oxygens (including phenoxy) is 2. The summed E-state index contributed by atoms with van der Waals surface area (Å²) in [6.07, 6.45) is -0.802. The van der Waals surface area contributed by atoms with E-state index in [1.165, 1.54) is 18.9 Å². The van der Waals surface area contributed by atoms with Crippen LogP contribution in [-0.4, -0.2) is 47.8 Å². The van der Waals surface area contributed by atoms with Crippen molar-refractivity contribution >= 4 is 29.8 Å². The van der Waals surface area contributed by atoms with E-state index in [-0.39, 0.29) is 18.3 Å². The highest BCUT2D eigenvalue weighted by Crippen LogP contribution is 2.23. The molecule has 1 rings (SSSR count). The van der Waals surface area contributed by atoms with Gasteiger partial charge in [-0.25, -0.2) is 9.59 Å². The molecule has 7 nitrogen and oxygen atoms in total. The summed E-state index contributed by atoms with van der Waals surface area (Å²) in [5, 5.41) is 11.5. The summed E-state index contributed by atoms with van der Waals surface area (Å²) in [7, 11) is 1.30. The van der Waals surface area contributed by atoms with Crippen LogP contribution in [0.2, 0.25) is 0 Å². The van der Waals surface area contributed by atoms with Gasteiger partial charge in [0.2, 0.25) is 0 Å². The Morgan fingerprint density at radius 3 is 2.44 bits per heavy atom. The summed E-state index contributed by atoms with van der Waals surface area (Å²) < 4.78 is 9.72. The van der Waals surface area contributed by atoms with Gasteiger partial charge in [0.25, 0.3) is 0 Å². The lowest BCUT2D eigenvalue weighted by atomic mass is 9.97. The Bertz CT molecular complexity index is 590. The van der Waals surface area contributed by atoms with E-state index in [1.807, 2.05) is 18.2 Å². The Hall–Kier alpha value is -2.22. The van der Waals surface area contributed by atoms with Gasteiger partial charge >= 0.3 is 18.0 Å². The number of alkyl carbamates (subject to hydrolysis) is 1. The number of aliphatic carboxylic acids is 1. The van der Waals surface area contributed by atoms with Crippen molar-refractivity contribution in [3.8, 4) is 0 Å². The largest absolute Gasteiger partial charge is 0.480 e. The molecule has 2 N–H and O–H groups in total. The number of methoxy groups -OCH3 is 1. The smallest absolute Gasteiger partial charge is 0.408 e. The molecule has 0 radical (unpaired) electrons. The highest BCUT2D eigenvalue weighted by Gasteiger charge is 2.30. The number of carboxylic acid groups (broad SMARTS) is 1. The summed E-state index contributed by atoms with van der Waals surface area (Å²) >= 11 is 1.24. The maximum absolute atomic E-state index is 11.8. The third-order valence-electron chi connectivity index (χ3n) is 3.29. The molecule has 138 valence electrons. The molecule has 1 aromatic carbocycles. The monoisotopic (exact) mass is 369 g/mol. The Morgan fingerprint density at radius 2 is 1.88 bits per heavy atom. The Balaban J connectivity index is 2.44. The molecule has 0 saturated heterocycles. The number of esters is 1. The standard InChI is InChI=1S/C17H23NO6S/c1-17(2,15(21)23-3)11-25-10-13(14(19)20)18-16(22)24-9-12-7-5-4-6-8-12/h4-8,13H,9-11H2,1-3H3,(H,18,22)(H,19,20). The molecule has 25 heavy (non-hydrogen) atoms. The molecule has 0 spiro atoms. The lowest BCUT2D eigenvalue weighted by Gasteiger charge is -2.22. The summed E-state index contributed by atoms with van der Waals surface area (Å²) in [6.45, 7) is 3.48. The van der Waals surface area contributed by atoms with Crippen molar-refractivity contribution in [2.75, 3.05) is 18.6 Å². The fourth-order valence-electron chi connectivity index (χ4n) is 1.85. The number of hydrogen-bond acceptors (Lipinski definition) is 6. The lowest BCUT2D eigenvalue weighted by molar-refractivity contribution is -0.149. The second-order valence-corrected chi connectivity index (χ2v) is 7.02. The van der Waals surface area contributed by atoms with Crippen LogP contribution in [0.4, 0.5) is 4.79 Å². The van der Waals surface area contributed by atoms with Crippen LogP contribution >= 0.6 is 11.8 Å². The van der Waals surface area contributed by atoms with Gasteiger partial charge in [-0.1, -0.05) is 30.3 Å². The number of carbonyl (C=O) groups excluding carboxylic acids is 2. The molecule has 1 amide bonds. The number of rotatable bonds is 9. The van der Waals surface area contributed by atoms with Gasteiger partial charge in [-0.05, 0) is 19.4 Å². The Labute approximate surface area is 151 Å². The number of hydrogen-bond donors (Lipinski definition) is 2. The molecule has 1 atom stereocenters. The van der Waals surface area contributed by atoms with E-state index in [9.17, 15) is 19.5 Å². The van der Waals surface area contributed by atoms with Crippen LogP contribution in [0.3, 0.4) is 0 Å². The first-order valence-electron chi connectivity index (χ1n) is 7.62. The molecule has 0 fully saturated rings. The third kappa shape index (κ3) is 7.47. The second kappa shape index (κ2) is 9.93. The van der Waals surface area contributed by atoms with Crippen molar-refractivity contribution in [2.24, 2.45) is 5.41 Å². The van der Waals surface area contributed by atoms with Crippen LogP contribution in [0.1, 0.15) is 19.4 Å². The first-order valence-corrected chi connectivity index (χ1v) is 8.78. The highest BCUT2D eigenvalue weighted by molar-refractivity contribution is 7.99. The van der Waals surface area contributed by atoms with E-state index in [0.29, 0.717) is 5.75 Å². The summed E-state index contributed by atoms with van der Waals surface area (Å²) in [5.41, 5.74) is 0.0646. The maximum atomic E-state index is 11.8. The van der Waals surface area contributed by atoms with Gasteiger partial charge in [0, 0.05) is 11.5 Å². The number of carbonyl (C=O) groups is 3. The molecular formula is C17H23NO6S. The van der Waals surface area contributed by atoms with Gasteiger partial charge < -0.3 is 19.9 Å². The normalized spacial score (nSPS) is 12.1. The molecule has 0 aliphatic heterocycles. The minimum absolute atomic E-state index is 0.0571. The topological polar surface area (TPSA) is 102 Å². The Kier molecular flexibility index (Phi) is 8.27. The average molecular weight is 369 g/mol. The van der Waals surface area contributed by atoms with E-state index in [4.69, 9.17) is 9.47 Å². The molecule has 0 aliphatic rings. The number of nitrogens with one attached hydrogen (secondary N) is 1. The van der Waals surface area contributed by atoms with E-state index in [2.05, 4.69) is 5.32 Å². The van der Waals surface area contributed by atoms with Crippen molar-refractivity contribution in [1.29, 1.82) is 0 Å². The lowest BCUT2D eigenvalue weighted by Crippen LogP contribution is -2.43. The fraction of sp³-hybridized carbons (Fsp3) is 0.471. The Morgan fingerprint density at radius 1 is 1.24 bits per heavy atom. The van der Waals surface area contributed by atoms with Crippen LogP contribution in [0, 0.1) is 5.41 Å². The van der Waals surface area contributed by atoms with Crippen LogP contribution in [0.25, 0.3) is 0 Å². The number of benzene rings is 1. The van der Waals surface area contributed by atoms with Crippen LogP contribution in [0.5, 0.6) is 0 Å². The fourth-order valence-corrected chi connectivity index (χ4v) is 3.06. The molecule has 0 aromatic heterocycles. The van der Waals surface area contributed by atoms with E-state index >= 15 is 0 Å². The van der Waals surface area contributed by atoms with Crippen molar-refractivity contribution in [1.82, 2.24) is 5.32 Å². The molecule has 0 heterocycles. The van der Waals surface area contributed by atoms with Crippen LogP contribution in [0.15, 0.2) is 30.3 Å². The summed E-state index contributed by atoms with van der Waals surface area (Å²) in [6, 6.07) is 7.96. The number of amides is 1. The minimum Gasteiger partial charge on any atom is -0.480 e. The maximum Gasteiger partial charge on any atom is 0.408 e. The molecule has 1 unspecified atom stereocenters. The van der Waals surface area contributed by atoms with Crippen molar-refractivity contribution in [3.63, 3.8) is 0 Å². The number of carboxylic acids is 1. The zero-order valence-electron chi connectivity index (χ0n) is 14.5. The van der Waals surface area contributed by atoms with Gasteiger partial charge in [-0.2, -0.15) is 11.8 Å². The molecule has 8 heteroatoms. The average Bonchev–Trinajstić information content (AvgIpc) is 2.58. The first-order chi connectivity index (χ1) is 11.8. The van der Waals surface area contributed by atoms with E-state index in [1.54, 1.807) is 26.0 Å². The van der Waals surface area contributed by atoms with Gasteiger partial charge in [-0.3, -0.25) is 4.79 Å². The second-order valence-electron chi connectivity index (χ2n) is 5.99. The van der Waals surface area contributed by atoms with E-state index < -0.39 is 23.5 Å². The zero-order chi connectivity index (χ0) is 18.9. The predicted molar refractivity (Wildman–Crippen MR) is 94.3 cm³/mol. The van der Waals surface area contributed by atoms with Crippen LogP contribution in [-0.2, 0) is 25.7 Å². The SMILES string of the molecule is COC(=O)C(C)(C)CSCC(NC(=O)OCc1ccccc1)C(=O)O. The molecule has 1 aromatic rings.